The van der Waals surface area contributed by atoms with Gasteiger partial charge in [-0.2, -0.15) is 0 Å². The van der Waals surface area contributed by atoms with Crippen molar-refractivity contribution < 1.29 is 9.59 Å². The molecule has 1 atom stereocenters. The molecule has 0 radical (unpaired) electrons. The second kappa shape index (κ2) is 11.1. The van der Waals surface area contributed by atoms with Crippen molar-refractivity contribution in [2.45, 2.75) is 45.7 Å². The van der Waals surface area contributed by atoms with Crippen LogP contribution in [0, 0.1) is 13.8 Å². The molecule has 2 amide bonds. The molecule has 3 aromatic rings. The Bertz CT molecular complexity index is 1120. The summed E-state index contributed by atoms with van der Waals surface area (Å²) in [5.74, 6) is 0.00562. The van der Waals surface area contributed by atoms with Crippen LogP contribution >= 0.6 is 0 Å². The lowest BCUT2D eigenvalue weighted by molar-refractivity contribution is -0.118. The maximum Gasteiger partial charge on any atom is 0.253 e. The minimum Gasteiger partial charge on any atom is -0.339 e. The van der Waals surface area contributed by atoms with Gasteiger partial charge in [0.1, 0.15) is 6.04 Å². The number of hydrogen-bond acceptors (Lipinski definition) is 3. The highest BCUT2D eigenvalue weighted by atomic mass is 16.2. The number of likely N-dealkylation sites (tertiary alicyclic amines) is 1. The molecule has 0 bridgehead atoms. The van der Waals surface area contributed by atoms with Crippen molar-refractivity contribution in [2.75, 3.05) is 18.4 Å². The van der Waals surface area contributed by atoms with Gasteiger partial charge in [-0.1, -0.05) is 54.6 Å². The number of amides is 2. The first-order valence-electron chi connectivity index (χ1n) is 12.1. The van der Waals surface area contributed by atoms with E-state index in [1.54, 1.807) is 0 Å². The summed E-state index contributed by atoms with van der Waals surface area (Å²) in [5, 5.41) is 6.51. The number of carbonyl (C=O) groups excluding carboxylic acids is 2. The first-order valence-corrected chi connectivity index (χ1v) is 12.1. The third-order valence-electron chi connectivity index (χ3n) is 6.40. The topological polar surface area (TPSA) is 61.4 Å². The van der Waals surface area contributed by atoms with Crippen LogP contribution in [0.2, 0.25) is 0 Å². The van der Waals surface area contributed by atoms with Gasteiger partial charge in [0.25, 0.3) is 5.91 Å². The predicted octanol–water partition coefficient (Wildman–Crippen LogP) is 5.40. The van der Waals surface area contributed by atoms with Gasteiger partial charge in [-0.25, -0.2) is 0 Å². The fourth-order valence-electron chi connectivity index (χ4n) is 4.35. The van der Waals surface area contributed by atoms with E-state index in [-0.39, 0.29) is 11.8 Å². The van der Waals surface area contributed by atoms with Crippen LogP contribution in [0.15, 0.2) is 72.8 Å². The molecule has 5 nitrogen and oxygen atoms in total. The molecule has 34 heavy (non-hydrogen) atoms. The van der Waals surface area contributed by atoms with Gasteiger partial charge in [-0.15, -0.1) is 0 Å². The Balaban J connectivity index is 1.45. The van der Waals surface area contributed by atoms with Crippen molar-refractivity contribution in [3.63, 3.8) is 0 Å². The lowest BCUT2D eigenvalue weighted by atomic mass is 10.0. The second-order valence-electron chi connectivity index (χ2n) is 9.08. The molecule has 4 rings (SSSR count). The molecule has 176 valence electrons. The Hall–Kier alpha value is -3.44. The Labute approximate surface area is 202 Å². The zero-order valence-corrected chi connectivity index (χ0v) is 20.0. The maximum absolute atomic E-state index is 13.3. The smallest absolute Gasteiger partial charge is 0.253 e. The summed E-state index contributed by atoms with van der Waals surface area (Å²) in [6.07, 6.45) is 3.37. The number of benzene rings is 3. The molecule has 1 heterocycles. The molecule has 3 aromatic carbocycles. The Morgan fingerprint density at radius 1 is 0.882 bits per heavy atom. The largest absolute Gasteiger partial charge is 0.339 e. The number of carbonyl (C=O) groups is 2. The van der Waals surface area contributed by atoms with Crippen LogP contribution in [0.3, 0.4) is 0 Å². The SMILES string of the molecule is Cc1ccc(C)c(NC(=O)[C@@H](NCc2ccc(C(=O)N3CCCCC3)cc2)c2ccccc2)c1. The maximum atomic E-state index is 13.3. The molecule has 0 aliphatic carbocycles. The normalized spacial score (nSPS) is 14.5. The second-order valence-corrected chi connectivity index (χ2v) is 9.08. The van der Waals surface area contributed by atoms with Gasteiger partial charge in [0.05, 0.1) is 0 Å². The van der Waals surface area contributed by atoms with Gasteiger partial charge in [0.15, 0.2) is 0 Å². The molecule has 0 unspecified atom stereocenters. The quantitative estimate of drug-likeness (QED) is 0.502. The summed E-state index contributed by atoms with van der Waals surface area (Å²) < 4.78 is 0. The molecule has 2 N–H and O–H groups in total. The fourth-order valence-corrected chi connectivity index (χ4v) is 4.35. The van der Waals surface area contributed by atoms with Crippen LogP contribution in [0.25, 0.3) is 0 Å². The van der Waals surface area contributed by atoms with Gasteiger partial charge in [0, 0.05) is 30.9 Å². The highest BCUT2D eigenvalue weighted by Gasteiger charge is 2.21. The zero-order chi connectivity index (χ0) is 23.9. The highest BCUT2D eigenvalue weighted by molar-refractivity contribution is 5.96. The number of piperidine rings is 1. The number of anilines is 1. The first kappa shape index (κ1) is 23.7. The zero-order valence-electron chi connectivity index (χ0n) is 20.0. The minimum atomic E-state index is -0.504. The van der Waals surface area contributed by atoms with E-state index < -0.39 is 6.04 Å². The molecule has 1 saturated heterocycles. The van der Waals surface area contributed by atoms with Crippen molar-refractivity contribution >= 4 is 17.5 Å². The minimum absolute atomic E-state index is 0.100. The standard InChI is InChI=1S/C29H33N3O2/c1-21-11-12-22(2)26(19-21)31-28(33)27(24-9-5-3-6-10-24)30-20-23-13-15-25(16-14-23)29(34)32-17-7-4-8-18-32/h3,5-6,9-16,19,27,30H,4,7-8,17-18,20H2,1-2H3,(H,31,33)/t27-/m0/s1. The molecule has 1 fully saturated rings. The third-order valence-corrected chi connectivity index (χ3v) is 6.40. The Kier molecular flexibility index (Phi) is 7.76. The van der Waals surface area contributed by atoms with Gasteiger partial charge >= 0.3 is 0 Å². The van der Waals surface area contributed by atoms with Crippen molar-refractivity contribution in [3.8, 4) is 0 Å². The van der Waals surface area contributed by atoms with Gasteiger partial charge in [0.2, 0.25) is 5.91 Å². The van der Waals surface area contributed by atoms with Crippen LogP contribution in [0.1, 0.15) is 57.9 Å². The van der Waals surface area contributed by atoms with Gasteiger partial charge in [-0.05, 0) is 73.6 Å². The van der Waals surface area contributed by atoms with Crippen LogP contribution < -0.4 is 10.6 Å². The molecule has 0 saturated carbocycles. The Morgan fingerprint density at radius 3 is 2.29 bits per heavy atom. The molecule has 0 spiro atoms. The summed E-state index contributed by atoms with van der Waals surface area (Å²) in [6.45, 7) is 6.21. The van der Waals surface area contributed by atoms with E-state index in [0.717, 1.165) is 59.4 Å². The van der Waals surface area contributed by atoms with Crippen LogP contribution in [0.5, 0.6) is 0 Å². The summed E-state index contributed by atoms with van der Waals surface area (Å²) >= 11 is 0. The number of rotatable bonds is 7. The van der Waals surface area contributed by atoms with Crippen molar-refractivity contribution in [1.29, 1.82) is 0 Å². The van der Waals surface area contributed by atoms with Gasteiger partial charge in [-0.3, -0.25) is 14.9 Å². The lowest BCUT2D eigenvalue weighted by Gasteiger charge is -2.26. The number of nitrogens with one attached hydrogen (secondary N) is 2. The van der Waals surface area contributed by atoms with E-state index in [4.69, 9.17) is 0 Å². The van der Waals surface area contributed by atoms with Crippen LogP contribution in [-0.4, -0.2) is 29.8 Å². The highest BCUT2D eigenvalue weighted by Crippen LogP contribution is 2.21. The van der Waals surface area contributed by atoms with E-state index in [0.29, 0.717) is 6.54 Å². The van der Waals surface area contributed by atoms with Crippen LogP contribution in [-0.2, 0) is 11.3 Å². The van der Waals surface area contributed by atoms with E-state index in [2.05, 4.69) is 10.6 Å². The number of nitrogens with zero attached hydrogens (tertiary/aromatic N) is 1. The van der Waals surface area contributed by atoms with Crippen molar-refractivity contribution in [3.05, 3.63) is 101 Å². The first-order chi connectivity index (χ1) is 16.5. The third kappa shape index (κ3) is 5.91. The van der Waals surface area contributed by atoms with Crippen molar-refractivity contribution in [1.82, 2.24) is 10.2 Å². The van der Waals surface area contributed by atoms with E-state index in [9.17, 15) is 9.59 Å². The Morgan fingerprint density at radius 2 is 1.59 bits per heavy atom. The number of hydrogen-bond donors (Lipinski definition) is 2. The average Bonchev–Trinajstić information content (AvgIpc) is 2.87. The summed E-state index contributed by atoms with van der Waals surface area (Å²) in [6, 6.07) is 23.0. The van der Waals surface area contributed by atoms with Gasteiger partial charge < -0.3 is 10.2 Å². The molecule has 1 aliphatic rings. The molecule has 1 aliphatic heterocycles. The summed E-state index contributed by atoms with van der Waals surface area (Å²) in [7, 11) is 0. The van der Waals surface area contributed by atoms with Crippen LogP contribution in [0.4, 0.5) is 5.69 Å². The average molecular weight is 456 g/mol. The van der Waals surface area contributed by atoms with Crippen molar-refractivity contribution in [2.24, 2.45) is 0 Å². The predicted molar refractivity (Wildman–Crippen MR) is 137 cm³/mol. The lowest BCUT2D eigenvalue weighted by Crippen LogP contribution is -2.35. The summed E-state index contributed by atoms with van der Waals surface area (Å²) in [4.78, 5) is 28.0. The van der Waals surface area contributed by atoms with E-state index >= 15 is 0 Å². The molecule has 5 heteroatoms. The summed E-state index contributed by atoms with van der Waals surface area (Å²) in [5.41, 5.74) is 5.60. The van der Waals surface area contributed by atoms with E-state index in [1.807, 2.05) is 91.5 Å². The van der Waals surface area contributed by atoms with E-state index in [1.165, 1.54) is 6.42 Å². The molecule has 0 aromatic heterocycles. The number of aryl methyl sites for hydroxylation is 2. The monoisotopic (exact) mass is 455 g/mol. The molecular weight excluding hydrogens is 422 g/mol. The molecular formula is C29H33N3O2. The fraction of sp³-hybridized carbons (Fsp3) is 0.310.